The number of fused-ring (bicyclic) bond motifs is 1. The Morgan fingerprint density at radius 2 is 2.14 bits per heavy atom. The van der Waals surface area contributed by atoms with Gasteiger partial charge in [-0.3, -0.25) is 4.99 Å². The quantitative estimate of drug-likeness (QED) is 0.543. The zero-order valence-electron chi connectivity index (χ0n) is 12.5. The van der Waals surface area contributed by atoms with E-state index in [1.165, 1.54) is 0 Å². The first-order valence-electron chi connectivity index (χ1n) is 6.81. The smallest absolute Gasteiger partial charge is 0.150 e. The molecule has 3 aromatic rings. The van der Waals surface area contributed by atoms with E-state index >= 15 is 0 Å². The summed E-state index contributed by atoms with van der Waals surface area (Å²) >= 11 is 7.94. The van der Waals surface area contributed by atoms with Crippen LogP contribution in [0.3, 0.4) is 0 Å². The Bertz CT molecular complexity index is 849. The van der Waals surface area contributed by atoms with Gasteiger partial charge in [-0.25, -0.2) is 9.97 Å². The Morgan fingerprint density at radius 1 is 1.32 bits per heavy atom. The molecule has 3 rings (SSSR count). The van der Waals surface area contributed by atoms with Gasteiger partial charge in [0, 0.05) is 18.8 Å². The molecule has 0 unspecified atom stereocenters. The summed E-state index contributed by atoms with van der Waals surface area (Å²) < 4.78 is 1.000. The molecule has 0 amide bonds. The van der Waals surface area contributed by atoms with E-state index in [9.17, 15) is 0 Å². The van der Waals surface area contributed by atoms with E-state index in [1.54, 1.807) is 24.6 Å². The molecule has 0 aliphatic heterocycles. The maximum atomic E-state index is 6.35. The average Bonchev–Trinajstić information content (AvgIpc) is 2.91. The number of pyridine rings is 1. The largest absolute Gasteiger partial charge is 0.328 e. The van der Waals surface area contributed by atoms with Crippen LogP contribution in [-0.2, 0) is 0 Å². The normalized spacial score (nSPS) is 11.9. The number of nitrogens with one attached hydrogen (secondary N) is 1. The maximum absolute atomic E-state index is 6.35. The molecule has 0 radical (unpaired) electrons. The highest BCUT2D eigenvalue weighted by Crippen LogP contribution is 2.38. The molecule has 1 aromatic carbocycles. The van der Waals surface area contributed by atoms with E-state index in [0.717, 1.165) is 38.0 Å². The van der Waals surface area contributed by atoms with Gasteiger partial charge < -0.3 is 5.32 Å². The van der Waals surface area contributed by atoms with E-state index in [4.69, 9.17) is 16.6 Å². The van der Waals surface area contributed by atoms with E-state index in [1.807, 2.05) is 38.1 Å². The first kappa shape index (κ1) is 14.9. The van der Waals surface area contributed by atoms with Crippen LogP contribution in [0, 0.1) is 6.92 Å². The Hall–Kier alpha value is -1.98. The van der Waals surface area contributed by atoms with Crippen molar-refractivity contribution in [2.24, 2.45) is 4.99 Å². The number of thiazole rings is 1. The molecule has 2 aromatic heterocycles. The number of amidine groups is 1. The Kier molecular flexibility index (Phi) is 4.09. The molecular formula is C16H15ClN4S. The lowest BCUT2D eigenvalue weighted by Crippen LogP contribution is -2.07. The van der Waals surface area contributed by atoms with Crippen molar-refractivity contribution in [1.82, 2.24) is 9.97 Å². The SMILES string of the molecule is CN=C(C)Nc1nccc2nc(-c3c(C)cccc3Cl)sc12. The summed E-state index contributed by atoms with van der Waals surface area (Å²) in [6, 6.07) is 7.79. The van der Waals surface area contributed by atoms with Gasteiger partial charge in [0.25, 0.3) is 0 Å². The number of aliphatic imine (C=N–C) groups is 1. The number of benzene rings is 1. The van der Waals surface area contributed by atoms with E-state index in [0.29, 0.717) is 5.02 Å². The van der Waals surface area contributed by atoms with Crippen molar-refractivity contribution in [3.8, 4) is 10.6 Å². The van der Waals surface area contributed by atoms with E-state index in [2.05, 4.69) is 15.3 Å². The summed E-state index contributed by atoms with van der Waals surface area (Å²) in [7, 11) is 1.74. The van der Waals surface area contributed by atoms with Crippen molar-refractivity contribution in [1.29, 1.82) is 0 Å². The van der Waals surface area contributed by atoms with Crippen molar-refractivity contribution in [3.63, 3.8) is 0 Å². The lowest BCUT2D eigenvalue weighted by molar-refractivity contribution is 1.32. The number of hydrogen-bond donors (Lipinski definition) is 1. The molecule has 22 heavy (non-hydrogen) atoms. The third kappa shape index (κ3) is 2.69. The fraction of sp³-hybridized carbons (Fsp3) is 0.188. The van der Waals surface area contributed by atoms with Crippen molar-refractivity contribution >= 4 is 44.8 Å². The second kappa shape index (κ2) is 6.02. The van der Waals surface area contributed by atoms with Crippen molar-refractivity contribution in [2.75, 3.05) is 12.4 Å². The van der Waals surface area contributed by atoms with Crippen LogP contribution in [0.2, 0.25) is 5.02 Å². The third-order valence-corrected chi connectivity index (χ3v) is 4.79. The van der Waals surface area contributed by atoms with Crippen LogP contribution in [0.15, 0.2) is 35.5 Å². The number of halogens is 1. The summed E-state index contributed by atoms with van der Waals surface area (Å²) in [5.41, 5.74) is 3.00. The van der Waals surface area contributed by atoms with Crippen LogP contribution in [0.25, 0.3) is 20.8 Å². The zero-order chi connectivity index (χ0) is 15.7. The predicted molar refractivity (Wildman–Crippen MR) is 95.3 cm³/mol. The molecule has 0 saturated heterocycles. The van der Waals surface area contributed by atoms with Gasteiger partial charge in [-0.15, -0.1) is 11.3 Å². The molecule has 0 fully saturated rings. The highest BCUT2D eigenvalue weighted by molar-refractivity contribution is 7.22. The van der Waals surface area contributed by atoms with Crippen LogP contribution in [0.5, 0.6) is 0 Å². The van der Waals surface area contributed by atoms with Gasteiger partial charge in [0.05, 0.1) is 21.1 Å². The molecule has 1 N–H and O–H groups in total. The predicted octanol–water partition coefficient (Wildman–Crippen LogP) is 4.78. The summed E-state index contributed by atoms with van der Waals surface area (Å²) in [5, 5.41) is 4.82. The van der Waals surface area contributed by atoms with Gasteiger partial charge >= 0.3 is 0 Å². The lowest BCUT2D eigenvalue weighted by Gasteiger charge is -2.04. The first-order chi connectivity index (χ1) is 10.6. The minimum absolute atomic E-state index is 0.716. The van der Waals surface area contributed by atoms with E-state index in [-0.39, 0.29) is 0 Å². The molecular weight excluding hydrogens is 316 g/mol. The molecule has 112 valence electrons. The molecule has 2 heterocycles. The summed E-state index contributed by atoms with van der Waals surface area (Å²) in [4.78, 5) is 13.2. The fourth-order valence-electron chi connectivity index (χ4n) is 2.18. The van der Waals surface area contributed by atoms with Crippen molar-refractivity contribution in [2.45, 2.75) is 13.8 Å². The van der Waals surface area contributed by atoms with Crippen LogP contribution in [-0.4, -0.2) is 22.9 Å². The Morgan fingerprint density at radius 3 is 2.86 bits per heavy atom. The van der Waals surface area contributed by atoms with Gasteiger partial charge in [-0.2, -0.15) is 0 Å². The number of aryl methyl sites for hydroxylation is 1. The Balaban J connectivity index is 2.16. The molecule has 0 bridgehead atoms. The van der Waals surface area contributed by atoms with Crippen LogP contribution in [0.1, 0.15) is 12.5 Å². The fourth-order valence-corrected chi connectivity index (χ4v) is 3.68. The molecule has 0 atom stereocenters. The van der Waals surface area contributed by atoms with Crippen LogP contribution in [0.4, 0.5) is 5.82 Å². The van der Waals surface area contributed by atoms with Gasteiger partial charge in [-0.1, -0.05) is 23.7 Å². The molecule has 0 spiro atoms. The second-order valence-electron chi connectivity index (χ2n) is 4.89. The van der Waals surface area contributed by atoms with Gasteiger partial charge in [0.2, 0.25) is 0 Å². The molecule has 6 heteroatoms. The third-order valence-electron chi connectivity index (χ3n) is 3.38. The minimum atomic E-state index is 0.716. The highest BCUT2D eigenvalue weighted by atomic mass is 35.5. The number of nitrogens with zero attached hydrogens (tertiary/aromatic N) is 3. The second-order valence-corrected chi connectivity index (χ2v) is 6.30. The van der Waals surface area contributed by atoms with Gasteiger partial charge in [0.15, 0.2) is 5.82 Å². The monoisotopic (exact) mass is 330 g/mol. The summed E-state index contributed by atoms with van der Waals surface area (Å²) in [6.07, 6.45) is 1.75. The number of hydrogen-bond acceptors (Lipinski definition) is 4. The number of rotatable bonds is 2. The summed E-state index contributed by atoms with van der Waals surface area (Å²) in [6.45, 7) is 3.94. The molecule has 0 aliphatic carbocycles. The van der Waals surface area contributed by atoms with Gasteiger partial charge in [-0.05, 0) is 31.5 Å². The average molecular weight is 331 g/mol. The maximum Gasteiger partial charge on any atom is 0.150 e. The number of aromatic nitrogens is 2. The molecule has 4 nitrogen and oxygen atoms in total. The standard InChI is InChI=1S/C16H15ClN4S/c1-9-5-4-6-11(17)13(9)16-21-12-7-8-19-15(14(12)22-16)20-10(2)18-3/h4-8H,1-3H3,(H,18,19,20). The van der Waals surface area contributed by atoms with Crippen molar-refractivity contribution < 1.29 is 0 Å². The topological polar surface area (TPSA) is 50.2 Å². The van der Waals surface area contributed by atoms with E-state index < -0.39 is 0 Å². The lowest BCUT2D eigenvalue weighted by atomic mass is 10.1. The van der Waals surface area contributed by atoms with Crippen molar-refractivity contribution in [3.05, 3.63) is 41.0 Å². The highest BCUT2D eigenvalue weighted by Gasteiger charge is 2.14. The van der Waals surface area contributed by atoms with Crippen LogP contribution >= 0.6 is 22.9 Å². The van der Waals surface area contributed by atoms with Gasteiger partial charge in [0.1, 0.15) is 5.01 Å². The number of anilines is 1. The zero-order valence-corrected chi connectivity index (χ0v) is 14.1. The van der Waals surface area contributed by atoms with Crippen LogP contribution < -0.4 is 5.32 Å². The minimum Gasteiger partial charge on any atom is -0.328 e. The molecule has 0 aliphatic rings. The Labute approximate surface area is 137 Å². The molecule has 0 saturated carbocycles. The first-order valence-corrected chi connectivity index (χ1v) is 8.01. The summed E-state index contributed by atoms with van der Waals surface area (Å²) in [5.74, 6) is 1.58.